The number of hydrogen-bond acceptors (Lipinski definition) is 4. The third-order valence-corrected chi connectivity index (χ3v) is 4.18. The Kier molecular flexibility index (Phi) is 5.90. The van der Waals surface area contributed by atoms with Crippen molar-refractivity contribution in [3.8, 4) is 17.2 Å². The van der Waals surface area contributed by atoms with E-state index < -0.39 is 0 Å². The lowest BCUT2D eigenvalue weighted by Crippen LogP contribution is -2.34. The topological polar surface area (TPSA) is 56.8 Å². The Bertz CT molecular complexity index is 595. The van der Waals surface area contributed by atoms with E-state index in [1.165, 1.54) is 32.6 Å². The fourth-order valence-electron chi connectivity index (χ4n) is 2.90. The van der Waals surface area contributed by atoms with E-state index in [2.05, 4.69) is 11.4 Å². The van der Waals surface area contributed by atoms with Crippen molar-refractivity contribution in [2.45, 2.75) is 38.6 Å². The molecule has 0 saturated heterocycles. The molecule has 1 aromatic rings. The summed E-state index contributed by atoms with van der Waals surface area (Å²) in [6.45, 7) is 2.02. The molecule has 1 aliphatic carbocycles. The van der Waals surface area contributed by atoms with Gasteiger partial charge in [-0.1, -0.05) is 11.6 Å². The highest BCUT2D eigenvalue weighted by Gasteiger charge is 2.22. The summed E-state index contributed by atoms with van der Waals surface area (Å²) in [4.78, 5) is 12.6. The Hall–Kier alpha value is -2.17. The number of nitrogens with one attached hydrogen (secondary N) is 1. The molecule has 0 fully saturated rings. The fraction of sp³-hybridized carbons (Fsp3) is 0.500. The van der Waals surface area contributed by atoms with Gasteiger partial charge in [0.2, 0.25) is 5.75 Å². The summed E-state index contributed by atoms with van der Waals surface area (Å²) in [6, 6.07) is 3.42. The van der Waals surface area contributed by atoms with Crippen molar-refractivity contribution in [3.63, 3.8) is 0 Å². The van der Waals surface area contributed by atoms with Gasteiger partial charge in [-0.05, 0) is 44.7 Å². The summed E-state index contributed by atoms with van der Waals surface area (Å²) in [5.41, 5.74) is 1.73. The van der Waals surface area contributed by atoms with Crippen molar-refractivity contribution in [1.82, 2.24) is 5.32 Å². The monoisotopic (exact) mass is 319 g/mol. The number of rotatable bonds is 6. The van der Waals surface area contributed by atoms with Gasteiger partial charge in [0.1, 0.15) is 0 Å². The molecule has 5 heteroatoms. The first-order valence-corrected chi connectivity index (χ1v) is 7.91. The number of ether oxygens (including phenoxy) is 3. The number of carbonyl (C=O) groups is 1. The molecule has 1 N–H and O–H groups in total. The maximum absolute atomic E-state index is 12.6. The van der Waals surface area contributed by atoms with Crippen molar-refractivity contribution in [2.24, 2.45) is 0 Å². The third kappa shape index (κ3) is 3.78. The summed E-state index contributed by atoms with van der Waals surface area (Å²) >= 11 is 0. The average molecular weight is 319 g/mol. The van der Waals surface area contributed by atoms with Gasteiger partial charge in [0, 0.05) is 6.04 Å². The van der Waals surface area contributed by atoms with E-state index in [1.807, 2.05) is 6.92 Å². The summed E-state index contributed by atoms with van der Waals surface area (Å²) in [7, 11) is 4.59. The molecule has 0 bridgehead atoms. The Morgan fingerprint density at radius 2 is 1.83 bits per heavy atom. The van der Waals surface area contributed by atoms with Crippen LogP contribution in [0, 0.1) is 0 Å². The first-order valence-electron chi connectivity index (χ1n) is 7.91. The predicted molar refractivity (Wildman–Crippen MR) is 89.6 cm³/mol. The van der Waals surface area contributed by atoms with Gasteiger partial charge in [-0.25, -0.2) is 0 Å². The SMILES string of the molecule is COc1ccc(C(=O)NC(C)C2=CCCCC2)c(OC)c1OC. The molecule has 0 aromatic heterocycles. The van der Waals surface area contributed by atoms with Gasteiger partial charge in [-0.3, -0.25) is 4.79 Å². The number of hydrogen-bond donors (Lipinski definition) is 1. The first kappa shape index (κ1) is 17.2. The zero-order valence-electron chi connectivity index (χ0n) is 14.3. The smallest absolute Gasteiger partial charge is 0.255 e. The molecule has 0 saturated carbocycles. The maximum atomic E-state index is 12.6. The second kappa shape index (κ2) is 7.90. The van der Waals surface area contributed by atoms with Gasteiger partial charge < -0.3 is 19.5 Å². The quantitative estimate of drug-likeness (QED) is 0.817. The van der Waals surface area contributed by atoms with Crippen LogP contribution in [-0.2, 0) is 0 Å². The molecular weight excluding hydrogens is 294 g/mol. The van der Waals surface area contributed by atoms with Crippen LogP contribution in [0.15, 0.2) is 23.8 Å². The lowest BCUT2D eigenvalue weighted by Gasteiger charge is -2.22. The maximum Gasteiger partial charge on any atom is 0.255 e. The van der Waals surface area contributed by atoms with Gasteiger partial charge in [0.05, 0.1) is 26.9 Å². The molecule has 0 heterocycles. The van der Waals surface area contributed by atoms with E-state index in [-0.39, 0.29) is 11.9 Å². The molecule has 1 aliphatic rings. The van der Waals surface area contributed by atoms with Crippen LogP contribution in [-0.4, -0.2) is 33.3 Å². The van der Waals surface area contributed by atoms with E-state index in [9.17, 15) is 4.79 Å². The Labute approximate surface area is 137 Å². The number of benzene rings is 1. The van der Waals surface area contributed by atoms with Crippen LogP contribution < -0.4 is 19.5 Å². The number of allylic oxidation sites excluding steroid dienone is 1. The minimum atomic E-state index is -0.179. The van der Waals surface area contributed by atoms with Gasteiger partial charge in [0.15, 0.2) is 11.5 Å². The summed E-state index contributed by atoms with van der Waals surface area (Å²) in [5.74, 6) is 1.16. The molecule has 1 aromatic carbocycles. The normalized spacial score (nSPS) is 15.4. The number of carbonyl (C=O) groups excluding carboxylic acids is 1. The van der Waals surface area contributed by atoms with Crippen molar-refractivity contribution < 1.29 is 19.0 Å². The molecule has 1 amide bonds. The van der Waals surface area contributed by atoms with Crippen molar-refractivity contribution in [3.05, 3.63) is 29.3 Å². The molecule has 0 spiro atoms. The Morgan fingerprint density at radius 3 is 2.39 bits per heavy atom. The van der Waals surface area contributed by atoms with Crippen LogP contribution in [0.4, 0.5) is 0 Å². The lowest BCUT2D eigenvalue weighted by atomic mass is 9.94. The van der Waals surface area contributed by atoms with Crippen LogP contribution >= 0.6 is 0 Å². The van der Waals surface area contributed by atoms with Crippen LogP contribution in [0.2, 0.25) is 0 Å². The highest BCUT2D eigenvalue weighted by atomic mass is 16.5. The molecular formula is C18H25NO4. The van der Waals surface area contributed by atoms with E-state index in [4.69, 9.17) is 14.2 Å². The third-order valence-electron chi connectivity index (χ3n) is 4.18. The minimum Gasteiger partial charge on any atom is -0.493 e. The molecule has 1 unspecified atom stereocenters. The molecule has 23 heavy (non-hydrogen) atoms. The highest BCUT2D eigenvalue weighted by molar-refractivity contribution is 5.98. The van der Waals surface area contributed by atoms with E-state index >= 15 is 0 Å². The highest BCUT2D eigenvalue weighted by Crippen LogP contribution is 2.39. The second-order valence-electron chi connectivity index (χ2n) is 5.60. The van der Waals surface area contributed by atoms with Gasteiger partial charge in [-0.15, -0.1) is 0 Å². The van der Waals surface area contributed by atoms with Crippen molar-refractivity contribution in [1.29, 1.82) is 0 Å². The van der Waals surface area contributed by atoms with E-state index in [0.717, 1.165) is 12.8 Å². The van der Waals surface area contributed by atoms with E-state index in [1.54, 1.807) is 19.2 Å². The zero-order chi connectivity index (χ0) is 16.8. The zero-order valence-corrected chi connectivity index (χ0v) is 14.3. The van der Waals surface area contributed by atoms with Gasteiger partial charge >= 0.3 is 0 Å². The molecule has 0 radical (unpaired) electrons. The summed E-state index contributed by atoms with van der Waals surface area (Å²) < 4.78 is 16.0. The van der Waals surface area contributed by atoms with Crippen LogP contribution in [0.3, 0.4) is 0 Å². The van der Waals surface area contributed by atoms with Crippen LogP contribution in [0.5, 0.6) is 17.2 Å². The largest absolute Gasteiger partial charge is 0.493 e. The average Bonchev–Trinajstić information content (AvgIpc) is 2.60. The Balaban J connectivity index is 2.23. The van der Waals surface area contributed by atoms with Crippen molar-refractivity contribution >= 4 is 5.91 Å². The molecule has 0 aliphatic heterocycles. The minimum absolute atomic E-state index is 0.0144. The predicted octanol–water partition coefficient (Wildman–Crippen LogP) is 3.33. The first-order chi connectivity index (χ1) is 11.1. The summed E-state index contributed by atoms with van der Waals surface area (Å²) in [6.07, 6.45) is 6.79. The molecule has 5 nitrogen and oxygen atoms in total. The number of amides is 1. The molecule has 1 atom stereocenters. The molecule has 126 valence electrons. The van der Waals surface area contributed by atoms with Gasteiger partial charge in [0.25, 0.3) is 5.91 Å². The van der Waals surface area contributed by atoms with Gasteiger partial charge in [-0.2, -0.15) is 0 Å². The van der Waals surface area contributed by atoms with Crippen LogP contribution in [0.1, 0.15) is 43.0 Å². The summed E-state index contributed by atoms with van der Waals surface area (Å²) in [5, 5.41) is 3.05. The van der Waals surface area contributed by atoms with Crippen LogP contribution in [0.25, 0.3) is 0 Å². The second-order valence-corrected chi connectivity index (χ2v) is 5.60. The lowest BCUT2D eigenvalue weighted by molar-refractivity contribution is 0.0940. The standard InChI is InChI=1S/C18H25NO4/c1-12(13-8-6-5-7-9-13)19-18(20)14-10-11-15(21-2)17(23-4)16(14)22-3/h8,10-12H,5-7,9H2,1-4H3,(H,19,20). The molecule has 2 rings (SSSR count). The van der Waals surface area contributed by atoms with E-state index in [0.29, 0.717) is 22.8 Å². The van der Waals surface area contributed by atoms with Crippen molar-refractivity contribution in [2.75, 3.05) is 21.3 Å². The number of methoxy groups -OCH3 is 3. The fourth-order valence-corrected chi connectivity index (χ4v) is 2.90. The Morgan fingerprint density at radius 1 is 1.09 bits per heavy atom.